The second-order valence-electron chi connectivity index (χ2n) is 3.63. The minimum absolute atomic E-state index is 0.00673. The molecule has 0 aliphatic heterocycles. The second kappa shape index (κ2) is 4.16. The number of fused-ring (bicyclic) bond motifs is 1. The Bertz CT molecular complexity index is 554. The Morgan fingerprint density at radius 3 is 2.53 bits per heavy atom. The summed E-state index contributed by atoms with van der Waals surface area (Å²) >= 11 is 5.68. The van der Waals surface area contributed by atoms with Gasteiger partial charge in [-0.25, -0.2) is 4.98 Å². The van der Waals surface area contributed by atoms with E-state index in [4.69, 9.17) is 17.3 Å². The van der Waals surface area contributed by atoms with Crippen LogP contribution in [0.5, 0.6) is 0 Å². The molecule has 0 amide bonds. The molecule has 0 aliphatic rings. The van der Waals surface area contributed by atoms with Crippen LogP contribution in [0.15, 0.2) is 30.5 Å². The highest BCUT2D eigenvalue weighted by molar-refractivity contribution is 6.30. The maximum atomic E-state index is 12.5. The maximum Gasteiger partial charge on any atom is 0.407 e. The summed E-state index contributed by atoms with van der Waals surface area (Å²) in [6, 6.07) is 3.78. The van der Waals surface area contributed by atoms with Crippen LogP contribution in [-0.2, 0) is 0 Å². The van der Waals surface area contributed by atoms with Crippen LogP contribution in [0.4, 0.5) is 13.2 Å². The van der Waals surface area contributed by atoms with Crippen molar-refractivity contribution in [3.05, 3.63) is 41.2 Å². The van der Waals surface area contributed by atoms with Crippen molar-refractivity contribution < 1.29 is 13.2 Å². The predicted octanol–water partition coefficient (Wildman–Crippen LogP) is 3.45. The van der Waals surface area contributed by atoms with Crippen LogP contribution < -0.4 is 5.73 Å². The lowest BCUT2D eigenvalue weighted by Crippen LogP contribution is -2.28. The van der Waals surface area contributed by atoms with E-state index in [-0.39, 0.29) is 10.7 Å². The highest BCUT2D eigenvalue weighted by Crippen LogP contribution is 2.32. The third-order valence-corrected chi connectivity index (χ3v) is 2.63. The zero-order chi connectivity index (χ0) is 12.6. The van der Waals surface area contributed by atoms with Gasteiger partial charge in [-0.1, -0.05) is 23.7 Å². The third-order valence-electron chi connectivity index (χ3n) is 2.42. The molecule has 0 radical (unpaired) electrons. The Balaban J connectivity index is 2.50. The summed E-state index contributed by atoms with van der Waals surface area (Å²) in [5.41, 5.74) is 5.13. The molecule has 6 heteroatoms. The molecule has 1 heterocycles. The van der Waals surface area contributed by atoms with Gasteiger partial charge in [-0.15, -0.1) is 0 Å². The molecule has 17 heavy (non-hydrogen) atoms. The number of hydrogen-bond donors (Lipinski definition) is 1. The Kier molecular flexibility index (Phi) is 2.97. The van der Waals surface area contributed by atoms with Crippen LogP contribution >= 0.6 is 11.6 Å². The molecule has 1 aromatic carbocycles. The maximum absolute atomic E-state index is 12.5. The highest BCUT2D eigenvalue weighted by Gasteiger charge is 2.37. The monoisotopic (exact) mass is 260 g/mol. The van der Waals surface area contributed by atoms with Crippen molar-refractivity contribution in [2.24, 2.45) is 5.73 Å². The quantitative estimate of drug-likeness (QED) is 0.798. The number of nitrogens with two attached hydrogens (primary N) is 1. The Morgan fingerprint density at radius 1 is 1.18 bits per heavy atom. The molecule has 2 aromatic rings. The fourth-order valence-corrected chi connectivity index (χ4v) is 1.68. The number of aromatic nitrogens is 1. The van der Waals surface area contributed by atoms with Crippen molar-refractivity contribution in [2.45, 2.75) is 12.2 Å². The van der Waals surface area contributed by atoms with Gasteiger partial charge in [0.15, 0.2) is 0 Å². The van der Waals surface area contributed by atoms with Gasteiger partial charge in [-0.05, 0) is 23.1 Å². The van der Waals surface area contributed by atoms with Crippen molar-refractivity contribution in [1.82, 2.24) is 4.98 Å². The van der Waals surface area contributed by atoms with Gasteiger partial charge in [0.2, 0.25) is 0 Å². The van der Waals surface area contributed by atoms with Gasteiger partial charge in [0, 0.05) is 11.6 Å². The molecule has 0 aliphatic carbocycles. The van der Waals surface area contributed by atoms with Crippen molar-refractivity contribution in [3.8, 4) is 0 Å². The van der Waals surface area contributed by atoms with Crippen LogP contribution in [0.25, 0.3) is 10.8 Å². The Labute approximate surface area is 100 Å². The van der Waals surface area contributed by atoms with Gasteiger partial charge in [-0.2, -0.15) is 13.2 Å². The summed E-state index contributed by atoms with van der Waals surface area (Å²) in [4.78, 5) is 3.84. The Hall–Kier alpha value is -1.33. The van der Waals surface area contributed by atoms with E-state index < -0.39 is 12.2 Å². The average molecular weight is 261 g/mol. The average Bonchev–Trinajstić information content (AvgIpc) is 2.25. The minimum atomic E-state index is -4.45. The topological polar surface area (TPSA) is 38.9 Å². The predicted molar refractivity (Wildman–Crippen MR) is 59.7 cm³/mol. The fraction of sp³-hybridized carbons (Fsp3) is 0.182. The SMILES string of the molecule is NC(c1ccc2cnc(Cl)cc2c1)C(F)(F)F. The van der Waals surface area contributed by atoms with E-state index in [0.29, 0.717) is 10.8 Å². The number of alkyl halides is 3. The number of pyridine rings is 1. The first kappa shape index (κ1) is 12.1. The zero-order valence-electron chi connectivity index (χ0n) is 8.50. The first-order valence-corrected chi connectivity index (χ1v) is 5.13. The van der Waals surface area contributed by atoms with Crippen molar-refractivity contribution >= 4 is 22.4 Å². The molecular weight excluding hydrogens is 253 g/mol. The lowest BCUT2D eigenvalue weighted by atomic mass is 10.0. The molecule has 2 nitrogen and oxygen atoms in total. The molecular formula is C11H8ClF3N2. The van der Waals surface area contributed by atoms with Gasteiger partial charge < -0.3 is 5.73 Å². The van der Waals surface area contributed by atoms with E-state index in [1.165, 1.54) is 24.4 Å². The van der Waals surface area contributed by atoms with Crippen molar-refractivity contribution in [1.29, 1.82) is 0 Å². The smallest absolute Gasteiger partial charge is 0.316 e. The normalized spacial score (nSPS) is 13.9. The number of rotatable bonds is 1. The van der Waals surface area contributed by atoms with Gasteiger partial charge >= 0.3 is 6.18 Å². The van der Waals surface area contributed by atoms with Crippen molar-refractivity contribution in [2.75, 3.05) is 0 Å². The molecule has 0 spiro atoms. The molecule has 0 saturated carbocycles. The summed E-state index contributed by atoms with van der Waals surface area (Å²) in [6.07, 6.45) is -2.95. The second-order valence-corrected chi connectivity index (χ2v) is 4.02. The minimum Gasteiger partial charge on any atom is -0.316 e. The third kappa shape index (κ3) is 2.50. The molecule has 0 fully saturated rings. The molecule has 1 unspecified atom stereocenters. The van der Waals surface area contributed by atoms with Gasteiger partial charge in [0.05, 0.1) is 0 Å². The lowest BCUT2D eigenvalue weighted by Gasteiger charge is -2.16. The van der Waals surface area contributed by atoms with E-state index in [9.17, 15) is 13.2 Å². The molecule has 1 aromatic heterocycles. The van der Waals surface area contributed by atoms with E-state index in [1.807, 2.05) is 0 Å². The van der Waals surface area contributed by atoms with Crippen LogP contribution in [0.2, 0.25) is 5.15 Å². The first-order valence-electron chi connectivity index (χ1n) is 4.75. The van der Waals surface area contributed by atoms with Crippen LogP contribution in [0, 0.1) is 0 Å². The summed E-state index contributed by atoms with van der Waals surface area (Å²) in [6.45, 7) is 0. The highest BCUT2D eigenvalue weighted by atomic mass is 35.5. The first-order chi connectivity index (χ1) is 7.88. The summed E-state index contributed by atoms with van der Waals surface area (Å²) in [5, 5.41) is 1.53. The van der Waals surface area contributed by atoms with Gasteiger partial charge in [0.25, 0.3) is 0 Å². The van der Waals surface area contributed by atoms with E-state index in [2.05, 4.69) is 4.98 Å². The van der Waals surface area contributed by atoms with Crippen molar-refractivity contribution in [3.63, 3.8) is 0 Å². The summed E-state index contributed by atoms with van der Waals surface area (Å²) in [5.74, 6) is 0. The lowest BCUT2D eigenvalue weighted by molar-refractivity contribution is -0.149. The number of hydrogen-bond acceptors (Lipinski definition) is 2. The van der Waals surface area contributed by atoms with E-state index in [1.54, 1.807) is 6.07 Å². The molecule has 1 atom stereocenters. The van der Waals surface area contributed by atoms with Crippen LogP contribution in [-0.4, -0.2) is 11.2 Å². The molecule has 2 N–H and O–H groups in total. The number of nitrogens with zero attached hydrogens (tertiary/aromatic N) is 1. The number of halogens is 4. The molecule has 0 bridgehead atoms. The number of benzene rings is 1. The fourth-order valence-electron chi connectivity index (χ4n) is 1.52. The largest absolute Gasteiger partial charge is 0.407 e. The zero-order valence-corrected chi connectivity index (χ0v) is 9.26. The molecule has 90 valence electrons. The molecule has 0 saturated heterocycles. The van der Waals surface area contributed by atoms with E-state index >= 15 is 0 Å². The summed E-state index contributed by atoms with van der Waals surface area (Å²) < 4.78 is 37.4. The molecule has 2 rings (SSSR count). The standard InChI is InChI=1S/C11H8ClF3N2/c12-9-4-8-3-6(10(16)11(13,14)15)1-2-7(8)5-17-9/h1-5,10H,16H2. The van der Waals surface area contributed by atoms with Crippen LogP contribution in [0.3, 0.4) is 0 Å². The van der Waals surface area contributed by atoms with Crippen LogP contribution in [0.1, 0.15) is 11.6 Å². The van der Waals surface area contributed by atoms with E-state index in [0.717, 1.165) is 0 Å². The van der Waals surface area contributed by atoms with Gasteiger partial charge in [0.1, 0.15) is 11.2 Å². The summed E-state index contributed by atoms with van der Waals surface area (Å²) in [7, 11) is 0. The van der Waals surface area contributed by atoms with Gasteiger partial charge in [-0.3, -0.25) is 0 Å². The Morgan fingerprint density at radius 2 is 1.88 bits per heavy atom.